The SMILES string of the molecule is CO[C@H]1C[C@@H](C)CC(C)=C[C@@H](CC=O)C(=O)C[C@H](O[Si](C)(C)C(C)(C)C)[C@@H](C)[C@@H](/C(C)=C/[C@@H]2CC[C@@H](O[Si](C)(C)C(C)(C)C)[C@H](OC)C2)OC(=O)[C@@H]2CCCCN2C(=O)C(=O)[C@]2(O)O[C@H]1[C@@H](OC)C[C@H]2C. The van der Waals surface area contributed by atoms with Gasteiger partial charge in [-0.05, 0) is 125 Å². The van der Waals surface area contributed by atoms with Crippen molar-refractivity contribution in [1.82, 2.24) is 4.90 Å². The number of ketones is 2. The maximum Gasteiger partial charge on any atom is 0.329 e. The molecule has 3 aliphatic heterocycles. The van der Waals surface area contributed by atoms with Crippen LogP contribution >= 0.6 is 0 Å². The van der Waals surface area contributed by atoms with Gasteiger partial charge in [-0.3, -0.25) is 14.4 Å². The van der Waals surface area contributed by atoms with E-state index in [2.05, 4.69) is 73.8 Å². The zero-order valence-corrected chi connectivity index (χ0v) is 49.0. The van der Waals surface area contributed by atoms with Crippen molar-refractivity contribution in [2.24, 2.45) is 29.6 Å². The van der Waals surface area contributed by atoms with Gasteiger partial charge in [-0.15, -0.1) is 0 Å². The number of piperidine rings is 1. The molecule has 0 aromatic heterocycles. The molecule has 4 aliphatic rings. The molecule has 0 aromatic rings. The standard InChI is InChI=1S/C55H95NO13Si2/c1-34-27-35(2)29-46(64-13)49-47(65-14)31-37(4)55(62,67-49)50(59)51(60)56-25-20-19-21-41(56)52(61)66-48(36(3)30-39-22-23-43(45(32-39)63-12)68-70(15,16)53(6,7)8)38(5)44(69-71(17,18)54(9,10)11)33-42(58)40(28-34)24-26-57/h26,28,30,35,37-41,43-49,62H,19-25,27,29,31-33H2,1-18H3/b34-28?,36-30+/t35-,37+,38+,39-,40+,41-,43+,44-,45+,46-,47-,48+,49+,55+/m0/s1. The highest BCUT2D eigenvalue weighted by atomic mass is 28.4. The number of aliphatic hydroxyl groups is 1. The largest absolute Gasteiger partial charge is 0.456 e. The molecule has 71 heavy (non-hydrogen) atoms. The number of carbonyl (C=O) groups is 5. The van der Waals surface area contributed by atoms with E-state index in [9.17, 15) is 24.3 Å². The van der Waals surface area contributed by atoms with Crippen LogP contribution in [0.15, 0.2) is 23.3 Å². The maximum atomic E-state index is 15.0. The van der Waals surface area contributed by atoms with Crippen molar-refractivity contribution in [3.8, 4) is 0 Å². The Morgan fingerprint density at radius 1 is 0.803 bits per heavy atom. The number of rotatable bonds is 11. The first kappa shape index (κ1) is 61.1. The van der Waals surface area contributed by atoms with Crippen molar-refractivity contribution in [3.63, 3.8) is 0 Å². The Bertz CT molecular complexity index is 1910. The van der Waals surface area contributed by atoms with Crippen LogP contribution in [0.5, 0.6) is 0 Å². The number of cyclic esters (lactones) is 1. The Kier molecular flexibility index (Phi) is 21.5. The van der Waals surface area contributed by atoms with Crippen LogP contribution in [-0.2, 0) is 56.5 Å². The normalized spacial score (nSPS) is 35.5. The minimum atomic E-state index is -2.61. The van der Waals surface area contributed by atoms with E-state index in [0.29, 0.717) is 32.1 Å². The van der Waals surface area contributed by atoms with Crippen LogP contribution in [0.3, 0.4) is 0 Å². The van der Waals surface area contributed by atoms with Crippen LogP contribution in [0.1, 0.15) is 147 Å². The van der Waals surface area contributed by atoms with Gasteiger partial charge in [0.05, 0.1) is 30.5 Å². The number of hydrogen-bond donors (Lipinski definition) is 1. The molecule has 0 spiro atoms. The Hall–Kier alpha value is -2.42. The molecule has 1 aliphatic carbocycles. The lowest BCUT2D eigenvalue weighted by atomic mass is 9.81. The number of hydrogen-bond acceptors (Lipinski definition) is 13. The van der Waals surface area contributed by atoms with Gasteiger partial charge in [0.25, 0.3) is 11.7 Å². The number of nitrogens with zero attached hydrogens (tertiary/aromatic N) is 1. The molecule has 3 fully saturated rings. The summed E-state index contributed by atoms with van der Waals surface area (Å²) in [5.74, 6) is -7.67. The number of methoxy groups -OCH3 is 3. The van der Waals surface area contributed by atoms with E-state index in [1.54, 1.807) is 14.0 Å². The Labute approximate surface area is 429 Å². The van der Waals surface area contributed by atoms with Crippen molar-refractivity contribution < 1.29 is 61.6 Å². The smallest absolute Gasteiger partial charge is 0.329 e. The molecule has 0 aromatic carbocycles. The van der Waals surface area contributed by atoms with Gasteiger partial charge in [-0.2, -0.15) is 0 Å². The van der Waals surface area contributed by atoms with Crippen molar-refractivity contribution in [1.29, 1.82) is 0 Å². The monoisotopic (exact) mass is 1030 g/mol. The molecule has 4 rings (SSSR count). The van der Waals surface area contributed by atoms with Crippen LogP contribution in [0, 0.1) is 29.6 Å². The fraction of sp³-hybridized carbons (Fsp3) is 0.836. The van der Waals surface area contributed by atoms with Crippen LogP contribution in [-0.4, -0.2) is 139 Å². The number of aldehydes is 1. The lowest BCUT2D eigenvalue weighted by Crippen LogP contribution is -2.64. The second-order valence-electron chi connectivity index (χ2n) is 24.8. The summed E-state index contributed by atoms with van der Waals surface area (Å²) in [4.78, 5) is 72.6. The highest BCUT2D eigenvalue weighted by Crippen LogP contribution is 2.44. The Morgan fingerprint density at radius 3 is 1.94 bits per heavy atom. The second-order valence-corrected chi connectivity index (χ2v) is 34.4. The Morgan fingerprint density at radius 2 is 1.38 bits per heavy atom. The van der Waals surface area contributed by atoms with Gasteiger partial charge in [-0.25, -0.2) is 4.79 Å². The zero-order chi connectivity index (χ0) is 53.6. The summed E-state index contributed by atoms with van der Waals surface area (Å²) >= 11 is 0. The highest BCUT2D eigenvalue weighted by Gasteiger charge is 2.57. The third-order valence-electron chi connectivity index (χ3n) is 17.3. The van der Waals surface area contributed by atoms with Crippen molar-refractivity contribution in [2.45, 2.75) is 238 Å². The summed E-state index contributed by atoms with van der Waals surface area (Å²) in [5.41, 5.74) is 1.68. The van der Waals surface area contributed by atoms with Crippen molar-refractivity contribution >= 4 is 46.4 Å². The lowest BCUT2D eigenvalue weighted by molar-refractivity contribution is -0.302. The van der Waals surface area contributed by atoms with Crippen molar-refractivity contribution in [2.75, 3.05) is 27.9 Å². The quantitative estimate of drug-likeness (QED) is 0.0682. The van der Waals surface area contributed by atoms with E-state index in [0.717, 1.165) is 30.3 Å². The second kappa shape index (κ2) is 25.0. The first-order chi connectivity index (χ1) is 32.9. The number of Topliss-reactive ketones (excluding diaryl/α,β-unsaturated/α-hetero) is 2. The van der Waals surface area contributed by atoms with E-state index in [-0.39, 0.29) is 72.1 Å². The predicted molar refractivity (Wildman–Crippen MR) is 281 cm³/mol. The summed E-state index contributed by atoms with van der Waals surface area (Å²) < 4.78 is 45.2. The van der Waals surface area contributed by atoms with Gasteiger partial charge in [0.15, 0.2) is 16.6 Å². The summed E-state index contributed by atoms with van der Waals surface area (Å²) in [7, 11) is 0.0804. The zero-order valence-electron chi connectivity index (χ0n) is 47.0. The van der Waals surface area contributed by atoms with E-state index in [1.807, 2.05) is 33.8 Å². The van der Waals surface area contributed by atoms with Gasteiger partial charge in [0, 0.05) is 58.5 Å². The fourth-order valence-corrected chi connectivity index (χ4v) is 13.5. The molecule has 2 saturated heterocycles. The van der Waals surface area contributed by atoms with E-state index < -0.39 is 94.4 Å². The highest BCUT2D eigenvalue weighted by molar-refractivity contribution is 6.74. The maximum absolute atomic E-state index is 15.0. The van der Waals surface area contributed by atoms with E-state index in [4.69, 9.17) is 32.5 Å². The molecule has 406 valence electrons. The minimum absolute atomic E-state index is 0.00591. The first-order valence-electron chi connectivity index (χ1n) is 26.6. The number of amides is 1. The number of allylic oxidation sites excluding steroid dienone is 3. The number of carbonyl (C=O) groups excluding carboxylic acids is 5. The third-order valence-corrected chi connectivity index (χ3v) is 26.3. The molecule has 16 heteroatoms. The molecular weight excluding hydrogens is 939 g/mol. The molecule has 1 N–H and O–H groups in total. The molecule has 2 bridgehead atoms. The van der Waals surface area contributed by atoms with Crippen LogP contribution < -0.4 is 0 Å². The molecule has 0 unspecified atom stereocenters. The number of ether oxygens (including phenoxy) is 5. The predicted octanol–water partition coefficient (Wildman–Crippen LogP) is 9.71. The molecule has 3 heterocycles. The van der Waals surface area contributed by atoms with Gasteiger partial charge in [-0.1, -0.05) is 80.0 Å². The number of esters is 1. The van der Waals surface area contributed by atoms with Gasteiger partial charge in [0.2, 0.25) is 5.79 Å². The van der Waals surface area contributed by atoms with Crippen LogP contribution in [0.2, 0.25) is 36.3 Å². The fourth-order valence-electron chi connectivity index (χ4n) is 10.7. The average molecular weight is 1030 g/mol. The Balaban J connectivity index is 1.89. The molecule has 1 amide bonds. The summed E-state index contributed by atoms with van der Waals surface area (Å²) in [6.45, 7) is 31.5. The minimum Gasteiger partial charge on any atom is -0.456 e. The van der Waals surface area contributed by atoms with Crippen LogP contribution in [0.25, 0.3) is 0 Å². The third kappa shape index (κ3) is 14.9. The van der Waals surface area contributed by atoms with E-state index >= 15 is 4.79 Å². The molecule has 14 atom stereocenters. The average Bonchev–Trinajstić information content (AvgIpc) is 3.28. The summed E-state index contributed by atoms with van der Waals surface area (Å²) in [5, 5.41) is 12.1. The summed E-state index contributed by atoms with van der Waals surface area (Å²) in [6.07, 6.45) is 5.66. The molecule has 0 radical (unpaired) electrons. The lowest BCUT2D eigenvalue weighted by Gasteiger charge is -2.47. The topological polar surface area (TPSA) is 173 Å². The summed E-state index contributed by atoms with van der Waals surface area (Å²) in [6, 6.07) is -1.14. The first-order valence-corrected chi connectivity index (χ1v) is 32.4. The van der Waals surface area contributed by atoms with Gasteiger partial charge in [0.1, 0.15) is 30.3 Å². The van der Waals surface area contributed by atoms with Crippen molar-refractivity contribution in [3.05, 3.63) is 23.3 Å². The van der Waals surface area contributed by atoms with Gasteiger partial charge >= 0.3 is 5.97 Å². The molecule has 1 saturated carbocycles. The van der Waals surface area contributed by atoms with Gasteiger partial charge < -0.3 is 47.3 Å². The number of fused-ring (bicyclic) bond motifs is 3. The van der Waals surface area contributed by atoms with Crippen LogP contribution in [0.4, 0.5) is 0 Å². The van der Waals surface area contributed by atoms with E-state index in [1.165, 1.54) is 19.1 Å². The molecule has 14 nitrogen and oxygen atoms in total. The molecular formula is C55H95NO13Si2.